The van der Waals surface area contributed by atoms with Gasteiger partial charge in [0.05, 0.1) is 0 Å². The lowest BCUT2D eigenvalue weighted by atomic mass is 10.5. The van der Waals surface area contributed by atoms with Crippen molar-refractivity contribution < 1.29 is 15.0 Å². The molecule has 0 aliphatic rings. The lowest BCUT2D eigenvalue weighted by Crippen LogP contribution is -2.35. The number of aliphatic hydroxyl groups excluding tert-OH is 1. The zero-order valence-electron chi connectivity index (χ0n) is 4.59. The van der Waals surface area contributed by atoms with E-state index in [1.165, 1.54) is 0 Å². The van der Waals surface area contributed by atoms with Crippen molar-refractivity contribution in [2.45, 2.75) is 13.2 Å². The molecule has 0 saturated heterocycles. The van der Waals surface area contributed by atoms with Crippen molar-refractivity contribution >= 4 is 5.97 Å². The third kappa shape index (κ3) is 2.54. The number of rotatable bonds is 3. The molecule has 3 N–H and O–H groups in total. The molecule has 0 rings (SSSR count). The molecule has 0 aromatic carbocycles. The molecule has 0 radical (unpaired) electrons. The number of hydrogen-bond acceptors (Lipinski definition) is 3. The fourth-order valence-corrected chi connectivity index (χ4v) is 0.281. The summed E-state index contributed by atoms with van der Waals surface area (Å²) in [7, 11) is 0. The predicted octanol–water partition coefficient (Wildman–Crippen LogP) is -1.00. The van der Waals surface area contributed by atoms with Crippen LogP contribution < -0.4 is 5.32 Å². The van der Waals surface area contributed by atoms with Gasteiger partial charge in [0, 0.05) is 0 Å². The van der Waals surface area contributed by atoms with Crippen molar-refractivity contribution in [1.29, 1.82) is 0 Å². The molecule has 8 heavy (non-hydrogen) atoms. The molecule has 4 nitrogen and oxygen atoms in total. The van der Waals surface area contributed by atoms with Crippen LogP contribution in [0.4, 0.5) is 0 Å². The van der Waals surface area contributed by atoms with Crippen LogP contribution in [0.25, 0.3) is 0 Å². The summed E-state index contributed by atoms with van der Waals surface area (Å²) in [6, 6.07) is 0. The standard InChI is InChI=1S/C4H9NO3/c1-2-5-3(6)4(7)8/h3,5-6H,2H2,1H3,(H,7,8). The van der Waals surface area contributed by atoms with Crippen LogP contribution in [0.2, 0.25) is 0 Å². The van der Waals surface area contributed by atoms with E-state index in [0.29, 0.717) is 6.54 Å². The minimum atomic E-state index is -1.42. The molecule has 0 saturated carbocycles. The Balaban J connectivity index is 3.32. The highest BCUT2D eigenvalue weighted by Crippen LogP contribution is 1.72. The quantitative estimate of drug-likeness (QED) is 0.417. The number of likely N-dealkylation sites (N-methyl/N-ethyl adjacent to an activating group) is 1. The summed E-state index contributed by atoms with van der Waals surface area (Å²) in [5, 5.41) is 18.7. The summed E-state index contributed by atoms with van der Waals surface area (Å²) in [4.78, 5) is 9.78. The molecule has 0 aromatic heterocycles. The maximum absolute atomic E-state index is 9.78. The van der Waals surface area contributed by atoms with E-state index in [1.807, 2.05) is 0 Å². The molecular weight excluding hydrogens is 110 g/mol. The lowest BCUT2D eigenvalue weighted by molar-refractivity contribution is -0.148. The van der Waals surface area contributed by atoms with Crippen molar-refractivity contribution in [1.82, 2.24) is 5.32 Å². The Morgan fingerprint density at radius 1 is 1.88 bits per heavy atom. The Bertz CT molecular complexity index is 83.4. The van der Waals surface area contributed by atoms with Gasteiger partial charge in [-0.15, -0.1) is 0 Å². The van der Waals surface area contributed by atoms with Gasteiger partial charge in [-0.2, -0.15) is 0 Å². The summed E-state index contributed by atoms with van der Waals surface area (Å²) >= 11 is 0. The number of nitrogens with one attached hydrogen (secondary N) is 1. The second-order valence-corrected chi connectivity index (χ2v) is 1.30. The number of aliphatic hydroxyl groups is 1. The predicted molar refractivity (Wildman–Crippen MR) is 27.3 cm³/mol. The topological polar surface area (TPSA) is 69.6 Å². The van der Waals surface area contributed by atoms with Crippen LogP contribution in [0.15, 0.2) is 0 Å². The van der Waals surface area contributed by atoms with Gasteiger partial charge in [0.1, 0.15) is 0 Å². The van der Waals surface area contributed by atoms with Gasteiger partial charge >= 0.3 is 5.97 Å². The van der Waals surface area contributed by atoms with Gasteiger partial charge in [0.25, 0.3) is 0 Å². The first-order valence-electron chi connectivity index (χ1n) is 2.32. The number of carboxylic acids is 1. The molecule has 1 atom stereocenters. The minimum Gasteiger partial charge on any atom is -0.478 e. The number of carbonyl (C=O) groups is 1. The van der Waals surface area contributed by atoms with E-state index in [2.05, 4.69) is 5.32 Å². The third-order valence-electron chi connectivity index (χ3n) is 0.631. The molecule has 0 fully saturated rings. The normalized spacial score (nSPS) is 13.2. The van der Waals surface area contributed by atoms with Gasteiger partial charge in [-0.05, 0) is 6.54 Å². The Kier molecular flexibility index (Phi) is 3.14. The summed E-state index contributed by atoms with van der Waals surface area (Å²) in [5.41, 5.74) is 0. The zero-order valence-corrected chi connectivity index (χ0v) is 4.59. The molecule has 48 valence electrons. The maximum Gasteiger partial charge on any atom is 0.347 e. The van der Waals surface area contributed by atoms with E-state index in [0.717, 1.165) is 0 Å². The van der Waals surface area contributed by atoms with E-state index in [1.54, 1.807) is 6.92 Å². The lowest BCUT2D eigenvalue weighted by Gasteiger charge is -2.02. The second-order valence-electron chi connectivity index (χ2n) is 1.30. The molecule has 0 aliphatic carbocycles. The molecule has 4 heteroatoms. The largest absolute Gasteiger partial charge is 0.478 e. The van der Waals surface area contributed by atoms with Crippen LogP contribution in [-0.2, 0) is 4.79 Å². The SMILES string of the molecule is CCNC(O)C(=O)O. The molecule has 0 aromatic rings. The van der Waals surface area contributed by atoms with Crippen LogP contribution in [-0.4, -0.2) is 29.0 Å². The number of aliphatic carboxylic acids is 1. The van der Waals surface area contributed by atoms with Crippen molar-refractivity contribution in [3.05, 3.63) is 0 Å². The third-order valence-corrected chi connectivity index (χ3v) is 0.631. The smallest absolute Gasteiger partial charge is 0.347 e. The fraction of sp³-hybridized carbons (Fsp3) is 0.750. The summed E-state index contributed by atoms with van der Waals surface area (Å²) in [5.74, 6) is -1.24. The van der Waals surface area contributed by atoms with E-state index >= 15 is 0 Å². The second kappa shape index (κ2) is 3.40. The molecule has 1 unspecified atom stereocenters. The van der Waals surface area contributed by atoms with Crippen LogP contribution in [0, 0.1) is 0 Å². The number of carboxylic acid groups (broad SMARTS) is 1. The summed E-state index contributed by atoms with van der Waals surface area (Å²) in [6.07, 6.45) is -1.42. The van der Waals surface area contributed by atoms with Crippen molar-refractivity contribution in [3.8, 4) is 0 Å². The minimum absolute atomic E-state index is 0.452. The number of hydrogen-bond donors (Lipinski definition) is 3. The molecule has 0 bridgehead atoms. The maximum atomic E-state index is 9.78. The summed E-state index contributed by atoms with van der Waals surface area (Å²) in [6.45, 7) is 2.17. The highest BCUT2D eigenvalue weighted by molar-refractivity contribution is 5.71. The Hall–Kier alpha value is -0.610. The Morgan fingerprint density at radius 2 is 2.38 bits per heavy atom. The van der Waals surface area contributed by atoms with Crippen molar-refractivity contribution in [3.63, 3.8) is 0 Å². The first kappa shape index (κ1) is 7.39. The van der Waals surface area contributed by atoms with E-state index in [-0.39, 0.29) is 0 Å². The van der Waals surface area contributed by atoms with E-state index in [4.69, 9.17) is 10.2 Å². The Labute approximate surface area is 47.1 Å². The van der Waals surface area contributed by atoms with E-state index < -0.39 is 12.2 Å². The van der Waals surface area contributed by atoms with Crippen molar-refractivity contribution in [2.24, 2.45) is 0 Å². The van der Waals surface area contributed by atoms with Crippen LogP contribution in [0.1, 0.15) is 6.92 Å². The Morgan fingerprint density at radius 3 is 2.50 bits per heavy atom. The molecular formula is C4H9NO3. The molecule has 0 heterocycles. The van der Waals surface area contributed by atoms with Gasteiger partial charge in [-0.1, -0.05) is 6.92 Å². The summed E-state index contributed by atoms with van der Waals surface area (Å²) < 4.78 is 0. The molecule has 0 aliphatic heterocycles. The van der Waals surface area contributed by atoms with Gasteiger partial charge in [-0.25, -0.2) is 4.79 Å². The van der Waals surface area contributed by atoms with Crippen LogP contribution >= 0.6 is 0 Å². The zero-order chi connectivity index (χ0) is 6.57. The van der Waals surface area contributed by atoms with Gasteiger partial charge in [-0.3, -0.25) is 5.32 Å². The van der Waals surface area contributed by atoms with Gasteiger partial charge < -0.3 is 10.2 Å². The average molecular weight is 119 g/mol. The van der Waals surface area contributed by atoms with Crippen LogP contribution in [0.3, 0.4) is 0 Å². The van der Waals surface area contributed by atoms with Gasteiger partial charge in [0.15, 0.2) is 0 Å². The first-order valence-corrected chi connectivity index (χ1v) is 2.32. The average Bonchev–Trinajstić information content (AvgIpc) is 1.67. The van der Waals surface area contributed by atoms with E-state index in [9.17, 15) is 4.79 Å². The highest BCUT2D eigenvalue weighted by Gasteiger charge is 2.08. The fourth-order valence-electron chi connectivity index (χ4n) is 0.281. The first-order chi connectivity index (χ1) is 3.68. The monoisotopic (exact) mass is 119 g/mol. The van der Waals surface area contributed by atoms with Gasteiger partial charge in [0.2, 0.25) is 6.23 Å². The highest BCUT2D eigenvalue weighted by atomic mass is 16.4. The van der Waals surface area contributed by atoms with Crippen LogP contribution in [0.5, 0.6) is 0 Å². The molecule has 0 spiro atoms. The molecule has 0 amide bonds. The van der Waals surface area contributed by atoms with Crippen molar-refractivity contribution in [2.75, 3.05) is 6.54 Å².